The first-order chi connectivity index (χ1) is 6.28. The Morgan fingerprint density at radius 3 is 2.29 bits per heavy atom. The van der Waals surface area contributed by atoms with Crippen molar-refractivity contribution in [3.63, 3.8) is 0 Å². The van der Waals surface area contributed by atoms with Crippen LogP contribution in [0.25, 0.3) is 0 Å². The molecule has 3 N–H and O–H groups in total. The van der Waals surface area contributed by atoms with E-state index in [9.17, 15) is 4.79 Å². The fourth-order valence-electron chi connectivity index (χ4n) is 1.01. The number of carbonyl (C=O) groups excluding carboxylic acids is 1. The zero-order valence-electron chi connectivity index (χ0n) is 9.46. The summed E-state index contributed by atoms with van der Waals surface area (Å²) in [6.45, 7) is 7.48. The Morgan fingerprint density at radius 1 is 1.43 bits per heavy atom. The number of nitrogens with two attached hydrogens (primary N) is 1. The zero-order chi connectivity index (χ0) is 11.4. The molecule has 0 aliphatic heterocycles. The molecule has 2 atom stereocenters. The van der Waals surface area contributed by atoms with Gasteiger partial charge in [0.15, 0.2) is 0 Å². The van der Waals surface area contributed by atoms with Crippen LogP contribution in [0.5, 0.6) is 0 Å². The number of hydrogen-bond acceptors (Lipinski definition) is 4. The standard InChI is InChI=1S/C9H20N2O3/c1-6(14-9(2,3)4)7(10)8(12)11-13-5/h6-7H,10H2,1-5H3,(H,11,12)/t6-,7+/m1/s1. The number of ether oxygens (including phenoxy) is 1. The summed E-state index contributed by atoms with van der Waals surface area (Å²) >= 11 is 0. The SMILES string of the molecule is CONC(=O)[C@@H](N)[C@@H](C)OC(C)(C)C. The molecule has 84 valence electrons. The molecule has 14 heavy (non-hydrogen) atoms. The van der Waals surface area contributed by atoms with E-state index in [0.717, 1.165) is 0 Å². The van der Waals surface area contributed by atoms with Crippen molar-refractivity contribution < 1.29 is 14.4 Å². The summed E-state index contributed by atoms with van der Waals surface area (Å²) in [6, 6.07) is -0.728. The summed E-state index contributed by atoms with van der Waals surface area (Å²) in [7, 11) is 1.36. The van der Waals surface area contributed by atoms with Crippen molar-refractivity contribution in [2.45, 2.75) is 45.4 Å². The highest BCUT2D eigenvalue weighted by atomic mass is 16.6. The molecule has 0 aromatic carbocycles. The van der Waals surface area contributed by atoms with E-state index in [4.69, 9.17) is 10.5 Å². The highest BCUT2D eigenvalue weighted by Crippen LogP contribution is 2.12. The number of hydroxylamine groups is 1. The molecule has 0 rings (SSSR count). The summed E-state index contributed by atoms with van der Waals surface area (Å²) < 4.78 is 5.53. The Morgan fingerprint density at radius 2 is 1.93 bits per heavy atom. The average molecular weight is 204 g/mol. The Hall–Kier alpha value is -0.650. The minimum absolute atomic E-state index is 0.315. The van der Waals surface area contributed by atoms with Crippen LogP contribution in [0, 0.1) is 0 Å². The molecule has 5 heteroatoms. The summed E-state index contributed by atoms with van der Waals surface area (Å²) in [6.07, 6.45) is -0.356. The molecule has 0 spiro atoms. The van der Waals surface area contributed by atoms with Gasteiger partial charge in [0, 0.05) is 0 Å². The Bertz CT molecular complexity index is 189. The molecule has 0 saturated carbocycles. The van der Waals surface area contributed by atoms with Gasteiger partial charge in [-0.2, -0.15) is 0 Å². The molecule has 0 radical (unpaired) electrons. The van der Waals surface area contributed by atoms with E-state index in [-0.39, 0.29) is 17.6 Å². The Labute approximate surface area is 84.9 Å². The van der Waals surface area contributed by atoms with Gasteiger partial charge in [-0.1, -0.05) is 0 Å². The molecule has 0 saturated heterocycles. The maximum Gasteiger partial charge on any atom is 0.263 e. The van der Waals surface area contributed by atoms with Crippen molar-refractivity contribution in [2.75, 3.05) is 7.11 Å². The number of amides is 1. The van der Waals surface area contributed by atoms with Gasteiger partial charge < -0.3 is 10.5 Å². The summed E-state index contributed by atoms with van der Waals surface area (Å²) in [5.74, 6) is -0.385. The van der Waals surface area contributed by atoms with Gasteiger partial charge in [-0.25, -0.2) is 5.48 Å². The smallest absolute Gasteiger partial charge is 0.263 e. The second kappa shape index (κ2) is 5.29. The molecule has 0 bridgehead atoms. The molecule has 0 aromatic rings. The number of hydrogen-bond donors (Lipinski definition) is 2. The van der Waals surface area contributed by atoms with Crippen LogP contribution >= 0.6 is 0 Å². The summed E-state index contributed by atoms with van der Waals surface area (Å²) in [5, 5.41) is 0. The van der Waals surface area contributed by atoms with E-state index >= 15 is 0 Å². The molecular formula is C9H20N2O3. The number of carbonyl (C=O) groups is 1. The third-order valence-electron chi connectivity index (χ3n) is 1.55. The lowest BCUT2D eigenvalue weighted by molar-refractivity contribution is -0.139. The minimum atomic E-state index is -0.728. The van der Waals surface area contributed by atoms with Gasteiger partial charge in [-0.05, 0) is 27.7 Å². The molecular weight excluding hydrogens is 184 g/mol. The monoisotopic (exact) mass is 204 g/mol. The lowest BCUT2D eigenvalue weighted by atomic mass is 10.1. The van der Waals surface area contributed by atoms with E-state index in [1.54, 1.807) is 6.92 Å². The molecule has 0 aliphatic rings. The van der Waals surface area contributed by atoms with E-state index in [1.165, 1.54) is 7.11 Å². The predicted octanol–water partition coefficient (Wildman–Crippen LogP) is 0.195. The first-order valence-corrected chi connectivity index (χ1v) is 4.54. The van der Waals surface area contributed by atoms with Gasteiger partial charge in [-0.15, -0.1) is 0 Å². The van der Waals surface area contributed by atoms with Crippen molar-refractivity contribution in [1.82, 2.24) is 5.48 Å². The third-order valence-corrected chi connectivity index (χ3v) is 1.55. The topological polar surface area (TPSA) is 73.6 Å². The van der Waals surface area contributed by atoms with Gasteiger partial charge >= 0.3 is 0 Å². The first kappa shape index (κ1) is 13.4. The molecule has 0 aromatic heterocycles. The van der Waals surface area contributed by atoms with E-state index in [2.05, 4.69) is 10.3 Å². The fraction of sp³-hybridized carbons (Fsp3) is 0.889. The van der Waals surface area contributed by atoms with E-state index < -0.39 is 6.04 Å². The second-order valence-electron chi connectivity index (χ2n) is 4.13. The average Bonchev–Trinajstić information content (AvgIpc) is 2.00. The second-order valence-corrected chi connectivity index (χ2v) is 4.13. The van der Waals surface area contributed by atoms with Crippen LogP contribution in [0.15, 0.2) is 0 Å². The normalized spacial score (nSPS) is 16.1. The Kier molecular flexibility index (Phi) is 5.04. The van der Waals surface area contributed by atoms with Gasteiger partial charge in [0.05, 0.1) is 18.8 Å². The largest absolute Gasteiger partial charge is 0.371 e. The third kappa shape index (κ3) is 5.16. The highest BCUT2D eigenvalue weighted by Gasteiger charge is 2.25. The molecule has 0 unspecified atom stereocenters. The van der Waals surface area contributed by atoms with Crippen LogP contribution in [0.4, 0.5) is 0 Å². The minimum Gasteiger partial charge on any atom is -0.371 e. The van der Waals surface area contributed by atoms with Crippen LogP contribution in [0.2, 0.25) is 0 Å². The van der Waals surface area contributed by atoms with Crippen LogP contribution in [-0.2, 0) is 14.4 Å². The van der Waals surface area contributed by atoms with Crippen molar-refractivity contribution in [3.8, 4) is 0 Å². The Balaban J connectivity index is 4.11. The van der Waals surface area contributed by atoms with Crippen molar-refractivity contribution in [3.05, 3.63) is 0 Å². The quantitative estimate of drug-likeness (QED) is 0.641. The van der Waals surface area contributed by atoms with Crippen LogP contribution in [0.3, 0.4) is 0 Å². The maximum absolute atomic E-state index is 11.2. The lowest BCUT2D eigenvalue weighted by Gasteiger charge is -2.28. The van der Waals surface area contributed by atoms with Crippen molar-refractivity contribution >= 4 is 5.91 Å². The molecule has 0 aliphatic carbocycles. The number of rotatable bonds is 4. The predicted molar refractivity (Wildman–Crippen MR) is 53.4 cm³/mol. The lowest BCUT2D eigenvalue weighted by Crippen LogP contribution is -2.49. The fourth-order valence-corrected chi connectivity index (χ4v) is 1.01. The highest BCUT2D eigenvalue weighted by molar-refractivity contribution is 5.81. The molecule has 0 heterocycles. The van der Waals surface area contributed by atoms with Crippen molar-refractivity contribution in [2.24, 2.45) is 5.73 Å². The molecule has 0 fully saturated rings. The molecule has 5 nitrogen and oxygen atoms in total. The van der Waals surface area contributed by atoms with Crippen molar-refractivity contribution in [1.29, 1.82) is 0 Å². The summed E-state index contributed by atoms with van der Waals surface area (Å²) in [5.41, 5.74) is 7.49. The zero-order valence-corrected chi connectivity index (χ0v) is 9.46. The van der Waals surface area contributed by atoms with Gasteiger partial charge in [0.25, 0.3) is 5.91 Å². The number of nitrogens with one attached hydrogen (secondary N) is 1. The van der Waals surface area contributed by atoms with Crippen LogP contribution < -0.4 is 11.2 Å². The van der Waals surface area contributed by atoms with Crippen LogP contribution in [0.1, 0.15) is 27.7 Å². The first-order valence-electron chi connectivity index (χ1n) is 4.54. The van der Waals surface area contributed by atoms with Gasteiger partial charge in [0.2, 0.25) is 0 Å². The van der Waals surface area contributed by atoms with Crippen LogP contribution in [-0.4, -0.2) is 30.8 Å². The van der Waals surface area contributed by atoms with Gasteiger partial charge in [-0.3, -0.25) is 9.63 Å². The van der Waals surface area contributed by atoms with E-state index in [0.29, 0.717) is 0 Å². The summed E-state index contributed by atoms with van der Waals surface area (Å²) in [4.78, 5) is 15.7. The van der Waals surface area contributed by atoms with E-state index in [1.807, 2.05) is 20.8 Å². The van der Waals surface area contributed by atoms with Gasteiger partial charge in [0.1, 0.15) is 6.04 Å². The molecule has 1 amide bonds. The maximum atomic E-state index is 11.2.